The molecular formula is C20H17Cl2F2N3O2S2. The number of hydrogen-bond donors (Lipinski definition) is 0. The third kappa shape index (κ3) is 4.42. The first-order valence-corrected chi connectivity index (χ1v) is 12.4. The number of aromatic nitrogens is 1. The Bertz CT molecular complexity index is 1240. The number of anilines is 1. The summed E-state index contributed by atoms with van der Waals surface area (Å²) in [4.78, 5) is 6.52. The van der Waals surface area contributed by atoms with E-state index in [4.69, 9.17) is 23.2 Å². The third-order valence-corrected chi connectivity index (χ3v) is 8.72. The van der Waals surface area contributed by atoms with E-state index in [1.165, 1.54) is 33.8 Å². The minimum absolute atomic E-state index is 0.0411. The highest BCUT2D eigenvalue weighted by molar-refractivity contribution is 7.89. The Kier molecular flexibility index (Phi) is 6.24. The topological polar surface area (TPSA) is 53.5 Å². The van der Waals surface area contributed by atoms with Crippen LogP contribution in [0, 0.1) is 18.6 Å². The monoisotopic (exact) mass is 503 g/mol. The van der Waals surface area contributed by atoms with Gasteiger partial charge in [-0.3, -0.25) is 0 Å². The smallest absolute Gasteiger partial charge is 0.244 e. The number of benzene rings is 2. The Morgan fingerprint density at radius 3 is 2.39 bits per heavy atom. The second kappa shape index (κ2) is 8.63. The third-order valence-electron chi connectivity index (χ3n) is 5.05. The molecule has 5 nitrogen and oxygen atoms in total. The number of aryl methyl sites for hydroxylation is 1. The second-order valence-corrected chi connectivity index (χ2v) is 10.6. The molecule has 1 aliphatic heterocycles. The molecule has 1 fully saturated rings. The highest BCUT2D eigenvalue weighted by atomic mass is 35.5. The molecule has 0 N–H and O–H groups in total. The molecule has 1 saturated heterocycles. The largest absolute Gasteiger partial charge is 0.345 e. The molecule has 2 heterocycles. The average molecular weight is 504 g/mol. The highest BCUT2D eigenvalue weighted by Crippen LogP contribution is 2.32. The SMILES string of the molecule is Cc1cc(S(=O)(=O)N2CCN(c3nc(-c4ccc(F)c(F)c4)cs3)CC2)c(Cl)cc1Cl. The molecule has 0 radical (unpaired) electrons. The summed E-state index contributed by atoms with van der Waals surface area (Å²) >= 11 is 13.5. The van der Waals surface area contributed by atoms with Gasteiger partial charge in [-0.05, 0) is 42.8 Å². The first kappa shape index (κ1) is 22.4. The van der Waals surface area contributed by atoms with Gasteiger partial charge in [0.15, 0.2) is 16.8 Å². The zero-order valence-electron chi connectivity index (χ0n) is 16.3. The van der Waals surface area contributed by atoms with E-state index in [1.54, 1.807) is 12.3 Å². The maximum absolute atomic E-state index is 13.5. The molecule has 1 aromatic heterocycles. The van der Waals surface area contributed by atoms with Crippen LogP contribution in [0.3, 0.4) is 0 Å². The number of piperazine rings is 1. The summed E-state index contributed by atoms with van der Waals surface area (Å²) in [5.41, 5.74) is 1.66. The molecular weight excluding hydrogens is 487 g/mol. The van der Waals surface area contributed by atoms with Crippen molar-refractivity contribution in [1.29, 1.82) is 0 Å². The second-order valence-electron chi connectivity index (χ2n) is 7.07. The lowest BCUT2D eigenvalue weighted by atomic mass is 10.2. The van der Waals surface area contributed by atoms with Crippen molar-refractivity contribution in [3.63, 3.8) is 0 Å². The van der Waals surface area contributed by atoms with Crippen molar-refractivity contribution in [1.82, 2.24) is 9.29 Å². The maximum Gasteiger partial charge on any atom is 0.244 e. The van der Waals surface area contributed by atoms with Gasteiger partial charge >= 0.3 is 0 Å². The molecule has 0 bridgehead atoms. The van der Waals surface area contributed by atoms with E-state index in [9.17, 15) is 17.2 Å². The Balaban J connectivity index is 1.48. The summed E-state index contributed by atoms with van der Waals surface area (Å²) in [6.45, 7) is 3.13. The molecule has 164 valence electrons. The minimum Gasteiger partial charge on any atom is -0.345 e. The van der Waals surface area contributed by atoms with Crippen LogP contribution >= 0.6 is 34.5 Å². The van der Waals surface area contributed by atoms with Gasteiger partial charge in [-0.15, -0.1) is 11.3 Å². The van der Waals surface area contributed by atoms with Crippen LogP contribution in [0.1, 0.15) is 5.56 Å². The highest BCUT2D eigenvalue weighted by Gasteiger charge is 2.31. The van der Waals surface area contributed by atoms with Crippen molar-refractivity contribution in [3.8, 4) is 11.3 Å². The van der Waals surface area contributed by atoms with E-state index >= 15 is 0 Å². The fraction of sp³-hybridized carbons (Fsp3) is 0.250. The average Bonchev–Trinajstić information content (AvgIpc) is 3.23. The van der Waals surface area contributed by atoms with Crippen molar-refractivity contribution in [3.05, 3.63) is 63.0 Å². The van der Waals surface area contributed by atoms with Gasteiger partial charge in [-0.2, -0.15) is 4.31 Å². The van der Waals surface area contributed by atoms with E-state index in [0.29, 0.717) is 40.1 Å². The number of rotatable bonds is 4. The fourth-order valence-corrected chi connectivity index (χ4v) is 6.40. The van der Waals surface area contributed by atoms with Crippen LogP contribution < -0.4 is 4.90 Å². The number of thiazole rings is 1. The molecule has 0 spiro atoms. The molecule has 0 unspecified atom stereocenters. The van der Waals surface area contributed by atoms with Crippen molar-refractivity contribution >= 4 is 49.7 Å². The summed E-state index contributed by atoms with van der Waals surface area (Å²) in [5.74, 6) is -1.84. The Labute approximate surface area is 192 Å². The first-order chi connectivity index (χ1) is 14.7. The summed E-state index contributed by atoms with van der Waals surface area (Å²) < 4.78 is 54.2. The van der Waals surface area contributed by atoms with Crippen LogP contribution in [-0.4, -0.2) is 43.9 Å². The lowest BCUT2D eigenvalue weighted by molar-refractivity contribution is 0.385. The van der Waals surface area contributed by atoms with Crippen LogP contribution in [0.2, 0.25) is 10.0 Å². The molecule has 3 aromatic rings. The van der Waals surface area contributed by atoms with Crippen LogP contribution in [0.25, 0.3) is 11.3 Å². The van der Waals surface area contributed by atoms with E-state index < -0.39 is 21.7 Å². The standard InChI is InChI=1S/C20H17Cl2F2N3O2S2/c1-12-8-19(15(22)10-14(12)21)31(28,29)27-6-4-26(5-7-27)20-25-18(11-30-20)13-2-3-16(23)17(24)9-13/h2-3,8-11H,4-7H2,1H3. The van der Waals surface area contributed by atoms with Gasteiger partial charge < -0.3 is 4.90 Å². The normalized spacial score (nSPS) is 15.5. The molecule has 0 aliphatic carbocycles. The Morgan fingerprint density at radius 2 is 1.71 bits per heavy atom. The zero-order valence-corrected chi connectivity index (χ0v) is 19.4. The van der Waals surface area contributed by atoms with E-state index in [0.717, 1.165) is 12.1 Å². The van der Waals surface area contributed by atoms with Crippen molar-refractivity contribution in [2.24, 2.45) is 0 Å². The lowest BCUT2D eigenvalue weighted by Crippen LogP contribution is -2.48. The van der Waals surface area contributed by atoms with E-state index in [1.807, 2.05) is 4.90 Å². The Hall–Kier alpha value is -1.78. The molecule has 0 saturated carbocycles. The summed E-state index contributed by atoms with van der Waals surface area (Å²) in [6.07, 6.45) is 0. The number of hydrogen-bond acceptors (Lipinski definition) is 5. The summed E-state index contributed by atoms with van der Waals surface area (Å²) in [5, 5.41) is 2.96. The van der Waals surface area contributed by atoms with Crippen LogP contribution in [-0.2, 0) is 10.0 Å². The molecule has 2 aromatic carbocycles. The van der Waals surface area contributed by atoms with Crippen LogP contribution in [0.5, 0.6) is 0 Å². The van der Waals surface area contributed by atoms with Gasteiger partial charge in [-0.25, -0.2) is 22.2 Å². The van der Waals surface area contributed by atoms with Gasteiger partial charge in [0, 0.05) is 42.1 Å². The van der Waals surface area contributed by atoms with E-state index in [2.05, 4.69) is 4.98 Å². The van der Waals surface area contributed by atoms with Crippen molar-refractivity contribution < 1.29 is 17.2 Å². The molecule has 0 atom stereocenters. The first-order valence-electron chi connectivity index (χ1n) is 9.28. The lowest BCUT2D eigenvalue weighted by Gasteiger charge is -2.34. The summed E-state index contributed by atoms with van der Waals surface area (Å²) in [7, 11) is -3.76. The van der Waals surface area contributed by atoms with Gasteiger partial charge in [-0.1, -0.05) is 23.2 Å². The van der Waals surface area contributed by atoms with Gasteiger partial charge in [0.1, 0.15) is 4.90 Å². The minimum atomic E-state index is -3.76. The van der Waals surface area contributed by atoms with Gasteiger partial charge in [0.25, 0.3) is 0 Å². The van der Waals surface area contributed by atoms with Crippen molar-refractivity contribution in [2.75, 3.05) is 31.1 Å². The number of halogens is 4. The van der Waals surface area contributed by atoms with Gasteiger partial charge in [0.05, 0.1) is 10.7 Å². The number of sulfonamides is 1. The maximum atomic E-state index is 13.5. The zero-order chi connectivity index (χ0) is 22.3. The Morgan fingerprint density at radius 1 is 1.00 bits per heavy atom. The fourth-order valence-electron chi connectivity index (χ4n) is 3.28. The predicted octanol–water partition coefficient (Wildman–Crippen LogP) is 5.21. The van der Waals surface area contributed by atoms with Gasteiger partial charge in [0.2, 0.25) is 10.0 Å². The molecule has 11 heteroatoms. The summed E-state index contributed by atoms with van der Waals surface area (Å²) in [6, 6.07) is 6.57. The van der Waals surface area contributed by atoms with Crippen molar-refractivity contribution in [2.45, 2.75) is 11.8 Å². The number of nitrogens with zero attached hydrogens (tertiary/aromatic N) is 3. The molecule has 31 heavy (non-hydrogen) atoms. The molecule has 1 aliphatic rings. The predicted molar refractivity (Wildman–Crippen MR) is 120 cm³/mol. The molecule has 4 rings (SSSR count). The van der Waals surface area contributed by atoms with Crippen LogP contribution in [0.4, 0.5) is 13.9 Å². The molecule has 0 amide bonds. The van der Waals surface area contributed by atoms with Crippen LogP contribution in [0.15, 0.2) is 40.6 Å². The van der Waals surface area contributed by atoms with E-state index in [-0.39, 0.29) is 23.0 Å². The quantitative estimate of drug-likeness (QED) is 0.490.